The van der Waals surface area contributed by atoms with E-state index < -0.39 is 12.1 Å². The van der Waals surface area contributed by atoms with Gasteiger partial charge in [-0.1, -0.05) is 38.3 Å². The Morgan fingerprint density at radius 2 is 1.92 bits per heavy atom. The molecule has 0 spiro atoms. The minimum Gasteiger partial charge on any atom is -0.394 e. The van der Waals surface area contributed by atoms with Crippen molar-refractivity contribution >= 4 is 11.9 Å². The van der Waals surface area contributed by atoms with Crippen LogP contribution in [0.25, 0.3) is 0 Å². The summed E-state index contributed by atoms with van der Waals surface area (Å²) in [5.41, 5.74) is 0. The molecule has 0 aromatic rings. The zero-order chi connectivity index (χ0) is 18.1. The van der Waals surface area contributed by atoms with Crippen molar-refractivity contribution in [1.29, 1.82) is 0 Å². The Morgan fingerprint density at radius 3 is 2.60 bits per heavy atom. The lowest BCUT2D eigenvalue weighted by Crippen LogP contribution is -2.51. The van der Waals surface area contributed by atoms with Gasteiger partial charge in [-0.05, 0) is 19.3 Å². The Bertz CT molecular complexity index is 463. The number of hydrogen-bond acceptors (Lipinski definition) is 4. The van der Waals surface area contributed by atoms with Crippen molar-refractivity contribution in [3.05, 3.63) is 12.2 Å². The smallest absolute Gasteiger partial charge is 0.315 e. The molecule has 142 valence electrons. The minimum atomic E-state index is -0.551. The molecule has 25 heavy (non-hydrogen) atoms. The summed E-state index contributed by atoms with van der Waals surface area (Å²) in [4.78, 5) is 23.9. The van der Waals surface area contributed by atoms with E-state index in [0.717, 1.165) is 19.3 Å². The number of urea groups is 1. The number of aliphatic hydroxyl groups is 1. The Hall–Kier alpha value is -1.60. The van der Waals surface area contributed by atoms with Gasteiger partial charge in [0.05, 0.1) is 25.2 Å². The molecule has 1 fully saturated rings. The second-order valence-electron chi connectivity index (χ2n) is 6.81. The van der Waals surface area contributed by atoms with Gasteiger partial charge in [0.25, 0.3) is 0 Å². The quantitative estimate of drug-likeness (QED) is 0.517. The van der Waals surface area contributed by atoms with Crippen LogP contribution in [0.1, 0.15) is 51.9 Å². The predicted molar refractivity (Wildman–Crippen MR) is 95.1 cm³/mol. The molecule has 0 radical (unpaired) electrons. The van der Waals surface area contributed by atoms with Gasteiger partial charge in [0, 0.05) is 12.6 Å². The highest BCUT2D eigenvalue weighted by Crippen LogP contribution is 2.19. The highest BCUT2D eigenvalue weighted by Gasteiger charge is 2.29. The number of nitrogens with one attached hydrogen (secondary N) is 3. The molecule has 3 atom stereocenters. The molecule has 1 saturated carbocycles. The number of carbonyl (C=O) groups excluding carboxylic acids is 2. The zero-order valence-electron chi connectivity index (χ0n) is 15.0. The van der Waals surface area contributed by atoms with Crippen molar-refractivity contribution in [3.63, 3.8) is 0 Å². The van der Waals surface area contributed by atoms with Crippen LogP contribution in [-0.2, 0) is 9.53 Å². The van der Waals surface area contributed by atoms with Gasteiger partial charge < -0.3 is 25.8 Å². The molecule has 2 rings (SSSR count). The summed E-state index contributed by atoms with van der Waals surface area (Å²) in [7, 11) is 0. The van der Waals surface area contributed by atoms with Crippen molar-refractivity contribution in [3.8, 4) is 0 Å². The molecule has 1 heterocycles. The number of aliphatic hydroxyl groups excluding tert-OH is 1. The molecule has 0 unspecified atom stereocenters. The minimum absolute atomic E-state index is 0.0228. The third kappa shape index (κ3) is 6.66. The zero-order valence-corrected chi connectivity index (χ0v) is 15.0. The number of hydrogen-bond donors (Lipinski definition) is 4. The fourth-order valence-corrected chi connectivity index (χ4v) is 3.29. The number of ether oxygens (including phenoxy) is 1. The molecular weight excluding hydrogens is 322 g/mol. The molecular formula is C18H31N3O4. The van der Waals surface area contributed by atoms with Crippen molar-refractivity contribution in [2.45, 2.75) is 76.2 Å². The van der Waals surface area contributed by atoms with Crippen LogP contribution in [0, 0.1) is 0 Å². The highest BCUT2D eigenvalue weighted by molar-refractivity contribution is 5.77. The van der Waals surface area contributed by atoms with Gasteiger partial charge in [0.2, 0.25) is 5.91 Å². The van der Waals surface area contributed by atoms with E-state index in [0.29, 0.717) is 6.54 Å². The lowest BCUT2D eigenvalue weighted by atomic mass is 9.95. The van der Waals surface area contributed by atoms with Gasteiger partial charge in [-0.2, -0.15) is 0 Å². The van der Waals surface area contributed by atoms with E-state index in [9.17, 15) is 14.7 Å². The average molecular weight is 353 g/mol. The highest BCUT2D eigenvalue weighted by atomic mass is 16.5. The molecule has 3 amide bonds. The monoisotopic (exact) mass is 353 g/mol. The lowest BCUT2D eigenvalue weighted by molar-refractivity contribution is -0.126. The topological polar surface area (TPSA) is 99.7 Å². The summed E-state index contributed by atoms with van der Waals surface area (Å²) in [6.07, 6.45) is 9.43. The number of amides is 3. The normalized spacial score (nSPS) is 26.9. The van der Waals surface area contributed by atoms with Crippen LogP contribution in [0.2, 0.25) is 0 Å². The third-order valence-electron chi connectivity index (χ3n) is 4.65. The fraction of sp³-hybridized carbons (Fsp3) is 0.778. The van der Waals surface area contributed by atoms with E-state index >= 15 is 0 Å². The van der Waals surface area contributed by atoms with E-state index in [-0.39, 0.29) is 37.1 Å². The second kappa shape index (κ2) is 10.4. The Kier molecular flexibility index (Phi) is 8.21. The molecule has 0 aromatic carbocycles. The first-order chi connectivity index (χ1) is 12.1. The van der Waals surface area contributed by atoms with E-state index in [1.165, 1.54) is 19.3 Å². The van der Waals surface area contributed by atoms with Gasteiger partial charge in [0.15, 0.2) is 0 Å². The molecule has 0 aromatic heterocycles. The third-order valence-corrected chi connectivity index (χ3v) is 4.65. The van der Waals surface area contributed by atoms with Crippen molar-refractivity contribution in [2.75, 3.05) is 13.2 Å². The van der Waals surface area contributed by atoms with Crippen LogP contribution >= 0.6 is 0 Å². The van der Waals surface area contributed by atoms with Crippen LogP contribution in [-0.4, -0.2) is 54.5 Å². The SMILES string of the molecule is CCCNC(=O)N[C@@H]1C=C[C@H](CC(=O)NC2CCCCC2)O[C@@H]1CO. The summed E-state index contributed by atoms with van der Waals surface area (Å²) in [5, 5.41) is 18.1. The first kappa shape index (κ1) is 19.7. The molecule has 4 N–H and O–H groups in total. The van der Waals surface area contributed by atoms with Crippen molar-refractivity contribution in [2.24, 2.45) is 0 Å². The van der Waals surface area contributed by atoms with Gasteiger partial charge in [-0.3, -0.25) is 4.79 Å². The van der Waals surface area contributed by atoms with E-state index in [4.69, 9.17) is 4.74 Å². The summed E-state index contributed by atoms with van der Waals surface area (Å²) < 4.78 is 5.77. The van der Waals surface area contributed by atoms with Crippen LogP contribution in [0.4, 0.5) is 4.79 Å². The Labute approximate surface area is 149 Å². The molecule has 0 bridgehead atoms. The standard InChI is InChI=1S/C18H31N3O4/c1-2-10-19-18(24)21-15-9-8-14(25-16(15)12-22)11-17(23)20-13-6-4-3-5-7-13/h8-9,13-16,22H,2-7,10-12H2,1H3,(H,20,23)(H2,19,21,24)/t14-,15-,16-/m1/s1. The summed E-state index contributed by atoms with van der Waals surface area (Å²) in [5.74, 6) is -0.0228. The maximum atomic E-state index is 12.2. The first-order valence-corrected chi connectivity index (χ1v) is 9.40. The van der Waals surface area contributed by atoms with Crippen LogP contribution in [0.15, 0.2) is 12.2 Å². The van der Waals surface area contributed by atoms with Crippen LogP contribution in [0.3, 0.4) is 0 Å². The summed E-state index contributed by atoms with van der Waals surface area (Å²) in [6, 6.07) is -0.411. The van der Waals surface area contributed by atoms with Gasteiger partial charge in [-0.15, -0.1) is 0 Å². The molecule has 7 nitrogen and oxygen atoms in total. The van der Waals surface area contributed by atoms with E-state index in [2.05, 4.69) is 16.0 Å². The average Bonchev–Trinajstić information content (AvgIpc) is 2.62. The molecule has 2 aliphatic rings. The molecule has 1 aliphatic carbocycles. The molecule has 1 aliphatic heterocycles. The fourth-order valence-electron chi connectivity index (χ4n) is 3.29. The van der Waals surface area contributed by atoms with Gasteiger partial charge in [0.1, 0.15) is 6.10 Å². The van der Waals surface area contributed by atoms with E-state index in [1.54, 1.807) is 12.2 Å². The van der Waals surface area contributed by atoms with Gasteiger partial charge in [-0.25, -0.2) is 4.79 Å². The Morgan fingerprint density at radius 1 is 1.16 bits per heavy atom. The second-order valence-corrected chi connectivity index (χ2v) is 6.81. The van der Waals surface area contributed by atoms with Crippen LogP contribution in [0.5, 0.6) is 0 Å². The predicted octanol–water partition coefficient (Wildman–Crippen LogP) is 1.22. The van der Waals surface area contributed by atoms with Crippen molar-refractivity contribution < 1.29 is 19.4 Å². The Balaban J connectivity index is 1.80. The summed E-state index contributed by atoms with van der Waals surface area (Å²) >= 11 is 0. The molecule has 0 saturated heterocycles. The number of rotatable bonds is 7. The van der Waals surface area contributed by atoms with Gasteiger partial charge >= 0.3 is 6.03 Å². The molecule has 7 heteroatoms. The number of carbonyl (C=O) groups is 2. The lowest BCUT2D eigenvalue weighted by Gasteiger charge is -2.32. The maximum Gasteiger partial charge on any atom is 0.315 e. The van der Waals surface area contributed by atoms with E-state index in [1.807, 2.05) is 6.92 Å². The largest absolute Gasteiger partial charge is 0.394 e. The first-order valence-electron chi connectivity index (χ1n) is 9.40. The van der Waals surface area contributed by atoms with Crippen LogP contribution < -0.4 is 16.0 Å². The summed E-state index contributed by atoms with van der Waals surface area (Å²) in [6.45, 7) is 2.35. The maximum absolute atomic E-state index is 12.2. The van der Waals surface area contributed by atoms with Crippen molar-refractivity contribution in [1.82, 2.24) is 16.0 Å².